The van der Waals surface area contributed by atoms with Crippen molar-refractivity contribution in [3.8, 4) is 0 Å². The van der Waals surface area contributed by atoms with Gasteiger partial charge < -0.3 is 16.0 Å². The molecule has 0 amide bonds. The van der Waals surface area contributed by atoms with E-state index in [-0.39, 0.29) is 0 Å². The molecular formula is C21H32N4. The van der Waals surface area contributed by atoms with Gasteiger partial charge in [-0.05, 0) is 56.6 Å². The van der Waals surface area contributed by atoms with Crippen LogP contribution in [-0.4, -0.2) is 37.4 Å². The zero-order chi connectivity index (χ0) is 17.2. The van der Waals surface area contributed by atoms with Crippen LogP contribution >= 0.6 is 0 Å². The molecule has 2 saturated carbocycles. The molecule has 3 aliphatic carbocycles. The number of likely N-dealkylation sites (N-methyl/N-ethyl adjacent to an activating group) is 1. The van der Waals surface area contributed by atoms with Crippen molar-refractivity contribution >= 4 is 5.84 Å². The monoisotopic (exact) mass is 340 g/mol. The predicted molar refractivity (Wildman–Crippen MR) is 104 cm³/mol. The van der Waals surface area contributed by atoms with Gasteiger partial charge in [0.15, 0.2) is 0 Å². The maximum absolute atomic E-state index is 6.47. The summed E-state index contributed by atoms with van der Waals surface area (Å²) in [6, 6.07) is 0. The third-order valence-corrected chi connectivity index (χ3v) is 6.17. The van der Waals surface area contributed by atoms with Crippen molar-refractivity contribution in [2.24, 2.45) is 28.5 Å². The second-order valence-corrected chi connectivity index (χ2v) is 8.33. The van der Waals surface area contributed by atoms with Crippen LogP contribution < -0.4 is 11.1 Å². The highest BCUT2D eigenvalue weighted by molar-refractivity contribution is 5.99. The normalized spacial score (nSPS) is 30.9. The highest BCUT2D eigenvalue weighted by atomic mass is 15.1. The molecule has 4 rings (SSSR count). The number of rotatable bonds is 5. The molecule has 0 aromatic heterocycles. The van der Waals surface area contributed by atoms with Crippen LogP contribution in [0.2, 0.25) is 0 Å². The summed E-state index contributed by atoms with van der Waals surface area (Å²) in [7, 11) is 2.16. The first-order valence-corrected chi connectivity index (χ1v) is 10.1. The summed E-state index contributed by atoms with van der Waals surface area (Å²) in [5.41, 5.74) is 10.1. The molecule has 2 unspecified atom stereocenters. The molecule has 2 fully saturated rings. The van der Waals surface area contributed by atoms with Gasteiger partial charge in [0.25, 0.3) is 0 Å². The number of nitrogens with two attached hydrogens (primary N) is 1. The van der Waals surface area contributed by atoms with Crippen molar-refractivity contribution in [1.82, 2.24) is 10.2 Å². The minimum Gasteiger partial charge on any atom is -0.388 e. The molecule has 1 aliphatic heterocycles. The molecule has 0 saturated heterocycles. The van der Waals surface area contributed by atoms with Crippen molar-refractivity contribution in [2.75, 3.05) is 26.7 Å². The van der Waals surface area contributed by atoms with Gasteiger partial charge in [-0.15, -0.1) is 0 Å². The lowest BCUT2D eigenvalue weighted by atomic mass is 9.76. The van der Waals surface area contributed by atoms with E-state index in [2.05, 4.69) is 35.5 Å². The first kappa shape index (κ1) is 16.9. The summed E-state index contributed by atoms with van der Waals surface area (Å²) < 4.78 is 0. The molecule has 4 aliphatic rings. The van der Waals surface area contributed by atoms with Crippen molar-refractivity contribution < 1.29 is 0 Å². The molecule has 1 heterocycles. The number of allylic oxidation sites excluding steroid dienone is 3. The molecule has 0 aromatic carbocycles. The van der Waals surface area contributed by atoms with E-state index in [4.69, 9.17) is 10.7 Å². The zero-order valence-electron chi connectivity index (χ0n) is 15.5. The minimum absolute atomic E-state index is 0.667. The molecule has 0 radical (unpaired) electrons. The van der Waals surface area contributed by atoms with Crippen LogP contribution in [-0.2, 0) is 0 Å². The summed E-state index contributed by atoms with van der Waals surface area (Å²) in [5.74, 6) is 2.97. The van der Waals surface area contributed by atoms with E-state index in [1.807, 2.05) is 0 Å². The van der Waals surface area contributed by atoms with Gasteiger partial charge in [-0.2, -0.15) is 0 Å². The third-order valence-electron chi connectivity index (χ3n) is 6.17. The molecule has 0 spiro atoms. The number of nitrogens with one attached hydrogen (secondary N) is 1. The summed E-state index contributed by atoms with van der Waals surface area (Å²) in [4.78, 5) is 7.16. The van der Waals surface area contributed by atoms with E-state index in [1.54, 1.807) is 0 Å². The van der Waals surface area contributed by atoms with Crippen LogP contribution in [0.15, 0.2) is 40.2 Å². The second-order valence-electron chi connectivity index (χ2n) is 8.33. The Labute approximate surface area is 151 Å². The Morgan fingerprint density at radius 2 is 2.04 bits per heavy atom. The molecule has 4 heteroatoms. The third kappa shape index (κ3) is 4.17. The Morgan fingerprint density at radius 3 is 2.84 bits per heavy atom. The van der Waals surface area contributed by atoms with Gasteiger partial charge in [0.1, 0.15) is 5.84 Å². The predicted octanol–water partition coefficient (Wildman–Crippen LogP) is 3.19. The Balaban J connectivity index is 1.51. The van der Waals surface area contributed by atoms with Crippen molar-refractivity contribution in [3.05, 3.63) is 35.2 Å². The second kappa shape index (κ2) is 7.36. The number of hydrogen-bond donors (Lipinski definition) is 2. The van der Waals surface area contributed by atoms with Gasteiger partial charge in [-0.1, -0.05) is 25.0 Å². The van der Waals surface area contributed by atoms with Crippen LogP contribution in [0.1, 0.15) is 44.9 Å². The van der Waals surface area contributed by atoms with E-state index < -0.39 is 0 Å². The number of aliphatic imine (C=N–C) groups is 1. The van der Waals surface area contributed by atoms with Crippen LogP contribution in [0.25, 0.3) is 0 Å². The van der Waals surface area contributed by atoms with Crippen LogP contribution in [0.3, 0.4) is 0 Å². The van der Waals surface area contributed by atoms with Crippen molar-refractivity contribution in [3.63, 3.8) is 0 Å². The smallest absolute Gasteiger partial charge is 0.130 e. The SMILES string of the molecule is CN1CCC(NCC2CC2)=C(C(N)=NC2=CC3CCCCC3C=C2)C1. The number of hydrogen-bond acceptors (Lipinski definition) is 3. The van der Waals surface area contributed by atoms with Gasteiger partial charge in [-0.3, -0.25) is 0 Å². The number of nitrogens with zero attached hydrogens (tertiary/aromatic N) is 2. The van der Waals surface area contributed by atoms with E-state index in [9.17, 15) is 0 Å². The van der Waals surface area contributed by atoms with Gasteiger partial charge in [0.2, 0.25) is 0 Å². The van der Waals surface area contributed by atoms with Gasteiger partial charge in [0.05, 0.1) is 5.70 Å². The Hall–Kier alpha value is -1.55. The van der Waals surface area contributed by atoms with E-state index in [1.165, 1.54) is 49.8 Å². The van der Waals surface area contributed by atoms with Gasteiger partial charge >= 0.3 is 0 Å². The molecule has 4 nitrogen and oxygen atoms in total. The molecule has 136 valence electrons. The largest absolute Gasteiger partial charge is 0.388 e. The Bertz CT molecular complexity index is 624. The van der Waals surface area contributed by atoms with Crippen LogP contribution in [0.4, 0.5) is 0 Å². The molecule has 0 bridgehead atoms. The molecule has 25 heavy (non-hydrogen) atoms. The molecule has 0 aromatic rings. The highest BCUT2D eigenvalue weighted by Crippen LogP contribution is 2.36. The lowest BCUT2D eigenvalue weighted by molar-refractivity contribution is 0.333. The lowest BCUT2D eigenvalue weighted by Gasteiger charge is -2.30. The van der Waals surface area contributed by atoms with Crippen LogP contribution in [0.5, 0.6) is 0 Å². The Morgan fingerprint density at radius 1 is 1.24 bits per heavy atom. The minimum atomic E-state index is 0.667. The van der Waals surface area contributed by atoms with Crippen molar-refractivity contribution in [1.29, 1.82) is 0 Å². The first-order chi connectivity index (χ1) is 12.2. The molecule has 2 atom stereocenters. The van der Waals surface area contributed by atoms with Crippen molar-refractivity contribution in [2.45, 2.75) is 44.9 Å². The summed E-state index contributed by atoms with van der Waals surface area (Å²) >= 11 is 0. The van der Waals surface area contributed by atoms with E-state index >= 15 is 0 Å². The fourth-order valence-electron chi connectivity index (χ4n) is 4.33. The lowest BCUT2D eigenvalue weighted by Crippen LogP contribution is -2.37. The van der Waals surface area contributed by atoms with E-state index in [0.29, 0.717) is 11.8 Å². The average molecular weight is 341 g/mol. The number of amidine groups is 1. The average Bonchev–Trinajstić information content (AvgIpc) is 3.45. The molecular weight excluding hydrogens is 308 g/mol. The van der Waals surface area contributed by atoms with Gasteiger partial charge in [0, 0.05) is 37.3 Å². The number of fused-ring (bicyclic) bond motifs is 1. The summed E-state index contributed by atoms with van der Waals surface area (Å²) in [6.45, 7) is 3.09. The fraction of sp³-hybridized carbons (Fsp3) is 0.667. The fourth-order valence-corrected chi connectivity index (χ4v) is 4.33. The molecule has 3 N–H and O–H groups in total. The van der Waals surface area contributed by atoms with Crippen LogP contribution in [0, 0.1) is 17.8 Å². The summed E-state index contributed by atoms with van der Waals surface area (Å²) in [6.07, 6.45) is 16.1. The summed E-state index contributed by atoms with van der Waals surface area (Å²) in [5, 5.41) is 3.67. The zero-order valence-corrected chi connectivity index (χ0v) is 15.5. The maximum Gasteiger partial charge on any atom is 0.130 e. The Kier molecular flexibility index (Phi) is 4.98. The maximum atomic E-state index is 6.47. The highest BCUT2D eigenvalue weighted by Gasteiger charge is 2.26. The van der Waals surface area contributed by atoms with E-state index in [0.717, 1.165) is 43.6 Å². The first-order valence-electron chi connectivity index (χ1n) is 10.1. The van der Waals surface area contributed by atoms with Gasteiger partial charge in [-0.25, -0.2) is 4.99 Å². The quantitative estimate of drug-likeness (QED) is 0.597. The topological polar surface area (TPSA) is 53.6 Å². The standard InChI is InChI=1S/C21H32N4/c1-25-11-10-20(23-13-15-6-7-15)19(14-25)21(22)24-18-9-8-16-4-2-3-5-17(16)12-18/h8-9,12,15-17,23H,2-7,10-11,13-14H2,1H3,(H2,22,24).